The average molecular weight is 175 g/mol. The summed E-state index contributed by atoms with van der Waals surface area (Å²) in [4.78, 5) is 4.46. The number of rotatable bonds is 4. The Labute approximate surface area is 72.9 Å². The Hall–Kier alpha value is -0.160. The molecule has 2 N–H and O–H groups in total. The van der Waals surface area contributed by atoms with Crippen molar-refractivity contribution in [1.29, 1.82) is 0 Å². The van der Waals surface area contributed by atoms with Crippen molar-refractivity contribution in [3.63, 3.8) is 0 Å². The lowest BCUT2D eigenvalue weighted by Crippen LogP contribution is -2.21. The van der Waals surface area contributed by atoms with E-state index in [-0.39, 0.29) is 6.10 Å². The summed E-state index contributed by atoms with van der Waals surface area (Å²) in [5.41, 5.74) is 0. The van der Waals surface area contributed by atoms with Crippen molar-refractivity contribution in [2.45, 2.75) is 38.6 Å². The number of nitrogens with two attached hydrogens (primary N) is 1. The lowest BCUT2D eigenvalue weighted by atomic mass is 10.2. The SMILES string of the molecule is CC1(C)OCC(CCCON)O1. The molecular formula is C8H17NO3. The van der Waals surface area contributed by atoms with Crippen molar-refractivity contribution >= 4 is 0 Å². The van der Waals surface area contributed by atoms with E-state index >= 15 is 0 Å². The summed E-state index contributed by atoms with van der Waals surface area (Å²) >= 11 is 0. The van der Waals surface area contributed by atoms with Crippen molar-refractivity contribution in [3.05, 3.63) is 0 Å². The first-order chi connectivity index (χ1) is 5.64. The van der Waals surface area contributed by atoms with E-state index < -0.39 is 5.79 Å². The predicted molar refractivity (Wildman–Crippen MR) is 44.3 cm³/mol. The molecule has 0 aromatic rings. The molecule has 0 radical (unpaired) electrons. The summed E-state index contributed by atoms with van der Waals surface area (Å²) in [5.74, 6) is 4.49. The van der Waals surface area contributed by atoms with E-state index in [1.807, 2.05) is 13.8 Å². The van der Waals surface area contributed by atoms with Gasteiger partial charge >= 0.3 is 0 Å². The third-order valence-electron chi connectivity index (χ3n) is 1.86. The van der Waals surface area contributed by atoms with Gasteiger partial charge in [-0.2, -0.15) is 0 Å². The van der Waals surface area contributed by atoms with Crippen LogP contribution in [-0.2, 0) is 14.3 Å². The Morgan fingerprint density at radius 1 is 1.58 bits per heavy atom. The molecule has 0 aliphatic carbocycles. The van der Waals surface area contributed by atoms with E-state index in [1.165, 1.54) is 0 Å². The first-order valence-electron chi connectivity index (χ1n) is 4.27. The minimum Gasteiger partial charge on any atom is -0.348 e. The summed E-state index contributed by atoms with van der Waals surface area (Å²) in [6, 6.07) is 0. The van der Waals surface area contributed by atoms with Gasteiger partial charge in [-0.15, -0.1) is 0 Å². The molecule has 1 fully saturated rings. The van der Waals surface area contributed by atoms with Crippen LogP contribution in [0.3, 0.4) is 0 Å². The highest BCUT2D eigenvalue weighted by Crippen LogP contribution is 2.24. The van der Waals surface area contributed by atoms with Gasteiger partial charge in [-0.1, -0.05) is 0 Å². The van der Waals surface area contributed by atoms with E-state index in [9.17, 15) is 0 Å². The molecule has 1 atom stereocenters. The maximum absolute atomic E-state index is 5.58. The normalized spacial score (nSPS) is 27.8. The Balaban J connectivity index is 2.11. The van der Waals surface area contributed by atoms with E-state index in [1.54, 1.807) is 0 Å². The quantitative estimate of drug-likeness (QED) is 0.507. The fourth-order valence-corrected chi connectivity index (χ4v) is 1.30. The van der Waals surface area contributed by atoms with E-state index in [0.717, 1.165) is 12.8 Å². The molecule has 4 heteroatoms. The Morgan fingerprint density at radius 3 is 2.83 bits per heavy atom. The average Bonchev–Trinajstić information content (AvgIpc) is 2.31. The second-order valence-electron chi connectivity index (χ2n) is 3.46. The lowest BCUT2D eigenvalue weighted by Gasteiger charge is -2.16. The van der Waals surface area contributed by atoms with Crippen LogP contribution in [0.4, 0.5) is 0 Å². The molecule has 0 saturated carbocycles. The van der Waals surface area contributed by atoms with Gasteiger partial charge in [-0.05, 0) is 26.7 Å². The zero-order valence-corrected chi connectivity index (χ0v) is 7.71. The second-order valence-corrected chi connectivity index (χ2v) is 3.46. The maximum atomic E-state index is 5.58. The standard InChI is InChI=1S/C8H17NO3/c1-8(2)10-6-7(12-8)4-3-5-11-9/h7H,3-6,9H2,1-2H3. The van der Waals surface area contributed by atoms with Crippen LogP contribution in [0.1, 0.15) is 26.7 Å². The van der Waals surface area contributed by atoms with E-state index in [2.05, 4.69) is 4.84 Å². The van der Waals surface area contributed by atoms with Crippen LogP contribution in [0.15, 0.2) is 0 Å². The van der Waals surface area contributed by atoms with Gasteiger partial charge in [0, 0.05) is 0 Å². The second kappa shape index (κ2) is 4.18. The van der Waals surface area contributed by atoms with Gasteiger partial charge in [0.25, 0.3) is 0 Å². The zero-order chi connectivity index (χ0) is 9.03. The van der Waals surface area contributed by atoms with Crippen molar-refractivity contribution in [1.82, 2.24) is 0 Å². The molecule has 0 aromatic heterocycles. The Kier molecular flexibility index (Phi) is 3.46. The summed E-state index contributed by atoms with van der Waals surface area (Å²) in [7, 11) is 0. The highest BCUT2D eigenvalue weighted by atomic mass is 16.7. The van der Waals surface area contributed by atoms with E-state index in [4.69, 9.17) is 15.4 Å². The van der Waals surface area contributed by atoms with Gasteiger partial charge in [0.15, 0.2) is 5.79 Å². The Morgan fingerprint density at radius 2 is 2.33 bits per heavy atom. The molecule has 1 unspecified atom stereocenters. The highest BCUT2D eigenvalue weighted by molar-refractivity contribution is 4.70. The van der Waals surface area contributed by atoms with Crippen LogP contribution >= 0.6 is 0 Å². The third kappa shape index (κ3) is 3.06. The fraction of sp³-hybridized carbons (Fsp3) is 1.00. The molecule has 0 aromatic carbocycles. The topological polar surface area (TPSA) is 53.7 Å². The van der Waals surface area contributed by atoms with Gasteiger partial charge in [-0.3, -0.25) is 0 Å². The van der Waals surface area contributed by atoms with Crippen molar-refractivity contribution in [2.24, 2.45) is 5.90 Å². The largest absolute Gasteiger partial charge is 0.348 e. The molecule has 0 amide bonds. The van der Waals surface area contributed by atoms with Crippen LogP contribution in [0, 0.1) is 0 Å². The first-order valence-corrected chi connectivity index (χ1v) is 4.27. The molecule has 72 valence electrons. The summed E-state index contributed by atoms with van der Waals surface area (Å²) < 4.78 is 11.0. The minimum atomic E-state index is -0.408. The monoisotopic (exact) mass is 175 g/mol. The zero-order valence-electron chi connectivity index (χ0n) is 7.71. The molecular weight excluding hydrogens is 158 g/mol. The number of hydrogen-bond acceptors (Lipinski definition) is 4. The molecule has 1 aliphatic rings. The molecule has 4 nitrogen and oxygen atoms in total. The molecule has 1 aliphatic heterocycles. The van der Waals surface area contributed by atoms with Gasteiger partial charge < -0.3 is 14.3 Å². The summed E-state index contributed by atoms with van der Waals surface area (Å²) in [6.45, 7) is 5.11. The number of hydrogen-bond donors (Lipinski definition) is 1. The maximum Gasteiger partial charge on any atom is 0.163 e. The first kappa shape index (κ1) is 9.92. The van der Waals surface area contributed by atoms with Crippen molar-refractivity contribution in [2.75, 3.05) is 13.2 Å². The lowest BCUT2D eigenvalue weighted by molar-refractivity contribution is -0.139. The van der Waals surface area contributed by atoms with Gasteiger partial charge in [0.05, 0.1) is 19.3 Å². The van der Waals surface area contributed by atoms with Gasteiger partial charge in [-0.25, -0.2) is 5.90 Å². The summed E-state index contributed by atoms with van der Waals surface area (Å²) in [5, 5.41) is 0. The number of ether oxygens (including phenoxy) is 2. The van der Waals surface area contributed by atoms with E-state index in [0.29, 0.717) is 13.2 Å². The molecule has 1 saturated heterocycles. The highest BCUT2D eigenvalue weighted by Gasteiger charge is 2.31. The third-order valence-corrected chi connectivity index (χ3v) is 1.86. The van der Waals surface area contributed by atoms with Crippen molar-refractivity contribution in [3.8, 4) is 0 Å². The van der Waals surface area contributed by atoms with Crippen LogP contribution < -0.4 is 5.90 Å². The molecule has 0 spiro atoms. The van der Waals surface area contributed by atoms with Gasteiger partial charge in [0.1, 0.15) is 0 Å². The van der Waals surface area contributed by atoms with Crippen LogP contribution in [0.2, 0.25) is 0 Å². The molecule has 0 bridgehead atoms. The van der Waals surface area contributed by atoms with Crippen LogP contribution in [0.25, 0.3) is 0 Å². The van der Waals surface area contributed by atoms with Gasteiger partial charge in [0.2, 0.25) is 0 Å². The minimum absolute atomic E-state index is 0.204. The smallest absolute Gasteiger partial charge is 0.163 e. The van der Waals surface area contributed by atoms with Crippen LogP contribution in [-0.4, -0.2) is 25.1 Å². The Bertz CT molecular complexity index is 138. The molecule has 1 heterocycles. The summed E-state index contributed by atoms with van der Waals surface area (Å²) in [6.07, 6.45) is 2.07. The fourth-order valence-electron chi connectivity index (χ4n) is 1.30. The molecule has 1 rings (SSSR count). The molecule has 12 heavy (non-hydrogen) atoms. The van der Waals surface area contributed by atoms with Crippen LogP contribution in [0.5, 0.6) is 0 Å². The predicted octanol–water partition coefficient (Wildman–Crippen LogP) is 0.808. The van der Waals surface area contributed by atoms with Crippen molar-refractivity contribution < 1.29 is 14.3 Å².